The molecular weight excluding hydrogens is 276 g/mol. The predicted octanol–water partition coefficient (Wildman–Crippen LogP) is 1.37. The highest BCUT2D eigenvalue weighted by molar-refractivity contribution is 5.94. The molecule has 0 aromatic heterocycles. The van der Waals surface area contributed by atoms with Crippen LogP contribution in [0.15, 0.2) is 0 Å². The normalized spacial score (nSPS) is 19.9. The Balaban J connectivity index is 2.51. The van der Waals surface area contributed by atoms with Crippen molar-refractivity contribution in [2.45, 2.75) is 58.2 Å². The van der Waals surface area contributed by atoms with Crippen LogP contribution in [0.4, 0.5) is 4.79 Å². The number of rotatable bonds is 4. The van der Waals surface area contributed by atoms with E-state index in [4.69, 9.17) is 9.84 Å². The Kier molecular flexibility index (Phi) is 5.33. The van der Waals surface area contributed by atoms with Gasteiger partial charge in [-0.3, -0.25) is 14.9 Å². The molecule has 2 N–H and O–H groups in total. The third-order valence-electron chi connectivity index (χ3n) is 3.02. The van der Waals surface area contributed by atoms with Crippen molar-refractivity contribution < 1.29 is 24.2 Å². The third kappa shape index (κ3) is 6.12. The Morgan fingerprint density at radius 3 is 2.10 bits per heavy atom. The van der Waals surface area contributed by atoms with Crippen molar-refractivity contribution in [1.29, 1.82) is 0 Å². The van der Waals surface area contributed by atoms with Gasteiger partial charge in [0.1, 0.15) is 0 Å². The molecule has 1 rings (SSSR count). The van der Waals surface area contributed by atoms with E-state index in [2.05, 4.69) is 5.32 Å². The zero-order valence-corrected chi connectivity index (χ0v) is 13.1. The van der Waals surface area contributed by atoms with Gasteiger partial charge in [-0.15, -0.1) is 0 Å². The van der Waals surface area contributed by atoms with E-state index < -0.39 is 29.1 Å². The van der Waals surface area contributed by atoms with E-state index >= 15 is 0 Å². The summed E-state index contributed by atoms with van der Waals surface area (Å²) in [6.45, 7) is 8.35. The number of imide groups is 1. The molecule has 0 unspecified atom stereocenters. The molecule has 0 spiro atoms. The SMILES string of the molecule is CC1(C)CN(C(=O)NC(=O)CCCC(=O)O)CC(C)(C)O1. The molecule has 0 saturated carbocycles. The third-order valence-corrected chi connectivity index (χ3v) is 3.02. The molecule has 0 atom stereocenters. The van der Waals surface area contributed by atoms with Crippen molar-refractivity contribution in [2.24, 2.45) is 0 Å². The van der Waals surface area contributed by atoms with Gasteiger partial charge in [-0.2, -0.15) is 0 Å². The van der Waals surface area contributed by atoms with Gasteiger partial charge in [-0.1, -0.05) is 0 Å². The molecule has 120 valence electrons. The van der Waals surface area contributed by atoms with Crippen LogP contribution in [0.5, 0.6) is 0 Å². The molecule has 21 heavy (non-hydrogen) atoms. The topological polar surface area (TPSA) is 95.9 Å². The van der Waals surface area contributed by atoms with Crippen molar-refractivity contribution >= 4 is 17.9 Å². The van der Waals surface area contributed by atoms with Gasteiger partial charge < -0.3 is 14.7 Å². The van der Waals surface area contributed by atoms with Crippen molar-refractivity contribution in [2.75, 3.05) is 13.1 Å². The van der Waals surface area contributed by atoms with Crippen LogP contribution in [0.2, 0.25) is 0 Å². The van der Waals surface area contributed by atoms with Crippen molar-refractivity contribution in [3.8, 4) is 0 Å². The zero-order chi connectivity index (χ0) is 16.3. The molecule has 1 heterocycles. The highest BCUT2D eigenvalue weighted by Crippen LogP contribution is 2.27. The number of carbonyl (C=O) groups excluding carboxylic acids is 2. The average Bonchev–Trinajstić information content (AvgIpc) is 2.23. The summed E-state index contributed by atoms with van der Waals surface area (Å²) in [6, 6.07) is -0.459. The second kappa shape index (κ2) is 6.43. The first-order chi connectivity index (χ1) is 9.51. The minimum Gasteiger partial charge on any atom is -0.481 e. The summed E-state index contributed by atoms with van der Waals surface area (Å²) in [5.74, 6) is -1.41. The number of nitrogens with zero attached hydrogens (tertiary/aromatic N) is 1. The number of carboxylic acids is 1. The Bertz CT molecular complexity index is 415. The van der Waals surface area contributed by atoms with Crippen LogP contribution in [0.1, 0.15) is 47.0 Å². The number of hydrogen-bond acceptors (Lipinski definition) is 4. The average molecular weight is 300 g/mol. The second-order valence-corrected chi connectivity index (χ2v) is 6.58. The van der Waals surface area contributed by atoms with Gasteiger partial charge in [0.2, 0.25) is 5.91 Å². The van der Waals surface area contributed by atoms with Crippen LogP contribution in [-0.2, 0) is 14.3 Å². The van der Waals surface area contributed by atoms with E-state index in [-0.39, 0.29) is 19.3 Å². The van der Waals surface area contributed by atoms with Crippen molar-refractivity contribution in [3.63, 3.8) is 0 Å². The van der Waals surface area contributed by atoms with Gasteiger partial charge in [-0.25, -0.2) is 4.79 Å². The standard InChI is InChI=1S/C14H24N2O5/c1-13(2)8-16(9-14(3,4)21-13)12(20)15-10(17)6-5-7-11(18)19/h5-9H2,1-4H3,(H,18,19)(H,15,17,20). The molecule has 7 heteroatoms. The van der Waals surface area contributed by atoms with E-state index in [0.29, 0.717) is 13.1 Å². The fourth-order valence-corrected chi connectivity index (χ4v) is 2.59. The van der Waals surface area contributed by atoms with E-state index in [0.717, 1.165) is 0 Å². The Labute approximate surface area is 124 Å². The predicted molar refractivity (Wildman–Crippen MR) is 75.8 cm³/mol. The lowest BCUT2D eigenvalue weighted by Crippen LogP contribution is -2.60. The first kappa shape index (κ1) is 17.4. The smallest absolute Gasteiger partial charge is 0.324 e. The Morgan fingerprint density at radius 2 is 1.62 bits per heavy atom. The lowest BCUT2D eigenvalue weighted by atomic mass is 9.99. The van der Waals surface area contributed by atoms with Gasteiger partial charge in [-0.05, 0) is 34.1 Å². The molecule has 0 radical (unpaired) electrons. The maximum Gasteiger partial charge on any atom is 0.324 e. The Morgan fingerprint density at radius 1 is 1.10 bits per heavy atom. The van der Waals surface area contributed by atoms with Gasteiger partial charge in [0.05, 0.1) is 24.3 Å². The highest BCUT2D eigenvalue weighted by atomic mass is 16.5. The number of carbonyl (C=O) groups is 3. The summed E-state index contributed by atoms with van der Waals surface area (Å²) in [5, 5.41) is 10.8. The van der Waals surface area contributed by atoms with Crippen LogP contribution in [0.25, 0.3) is 0 Å². The molecule has 0 aromatic carbocycles. The molecule has 0 bridgehead atoms. The lowest BCUT2D eigenvalue weighted by Gasteiger charge is -2.46. The maximum atomic E-state index is 12.1. The van der Waals surface area contributed by atoms with Crippen LogP contribution in [-0.4, -0.2) is 52.2 Å². The molecular formula is C14H24N2O5. The van der Waals surface area contributed by atoms with Crippen LogP contribution >= 0.6 is 0 Å². The summed E-state index contributed by atoms with van der Waals surface area (Å²) >= 11 is 0. The number of morpholine rings is 1. The van der Waals surface area contributed by atoms with E-state index in [1.54, 1.807) is 4.90 Å². The Hall–Kier alpha value is -1.63. The summed E-state index contributed by atoms with van der Waals surface area (Å²) in [4.78, 5) is 35.6. The molecule has 7 nitrogen and oxygen atoms in total. The zero-order valence-electron chi connectivity index (χ0n) is 13.1. The van der Waals surface area contributed by atoms with Crippen LogP contribution in [0, 0.1) is 0 Å². The largest absolute Gasteiger partial charge is 0.481 e. The minimum absolute atomic E-state index is 0.0230. The fourth-order valence-electron chi connectivity index (χ4n) is 2.59. The number of urea groups is 1. The van der Waals surface area contributed by atoms with E-state index in [1.807, 2.05) is 27.7 Å². The number of ether oxygens (including phenoxy) is 1. The highest BCUT2D eigenvalue weighted by Gasteiger charge is 2.40. The fraction of sp³-hybridized carbons (Fsp3) is 0.786. The van der Waals surface area contributed by atoms with Gasteiger partial charge in [0.15, 0.2) is 0 Å². The van der Waals surface area contributed by atoms with Crippen LogP contribution < -0.4 is 5.32 Å². The number of aliphatic carboxylic acids is 1. The number of carboxylic acid groups (broad SMARTS) is 1. The second-order valence-electron chi connectivity index (χ2n) is 6.58. The molecule has 1 fully saturated rings. The van der Waals surface area contributed by atoms with Crippen molar-refractivity contribution in [3.05, 3.63) is 0 Å². The monoisotopic (exact) mass is 300 g/mol. The van der Waals surface area contributed by atoms with Crippen LogP contribution in [0.3, 0.4) is 0 Å². The summed E-state index contributed by atoms with van der Waals surface area (Å²) in [7, 11) is 0. The number of amides is 3. The molecule has 1 aliphatic rings. The van der Waals surface area contributed by atoms with Gasteiger partial charge in [0, 0.05) is 12.8 Å². The minimum atomic E-state index is -0.953. The quantitative estimate of drug-likeness (QED) is 0.817. The molecule has 3 amide bonds. The summed E-state index contributed by atoms with van der Waals surface area (Å²) in [5.41, 5.74) is -0.961. The summed E-state index contributed by atoms with van der Waals surface area (Å²) in [6.07, 6.45) is 0.156. The first-order valence-electron chi connectivity index (χ1n) is 7.01. The lowest BCUT2D eigenvalue weighted by molar-refractivity contribution is -0.170. The number of nitrogens with one attached hydrogen (secondary N) is 1. The molecule has 0 aromatic rings. The molecule has 0 aliphatic carbocycles. The first-order valence-corrected chi connectivity index (χ1v) is 7.01. The van der Waals surface area contributed by atoms with Gasteiger partial charge >= 0.3 is 12.0 Å². The van der Waals surface area contributed by atoms with E-state index in [9.17, 15) is 14.4 Å². The van der Waals surface area contributed by atoms with E-state index in [1.165, 1.54) is 0 Å². The molecule has 1 aliphatic heterocycles. The van der Waals surface area contributed by atoms with Gasteiger partial charge in [0.25, 0.3) is 0 Å². The number of hydrogen-bond donors (Lipinski definition) is 2. The molecule has 1 saturated heterocycles. The summed E-state index contributed by atoms with van der Waals surface area (Å²) < 4.78 is 5.87. The maximum absolute atomic E-state index is 12.1. The van der Waals surface area contributed by atoms with Crippen molar-refractivity contribution in [1.82, 2.24) is 10.2 Å².